The van der Waals surface area contributed by atoms with Crippen LogP contribution in [0.15, 0.2) is 109 Å². The molecule has 0 unspecified atom stereocenters. The quantitative estimate of drug-likeness (QED) is 0.127. The van der Waals surface area contributed by atoms with Gasteiger partial charge < -0.3 is 31.1 Å². The highest BCUT2D eigenvalue weighted by molar-refractivity contribution is 5.93. The van der Waals surface area contributed by atoms with E-state index in [9.17, 15) is 15.0 Å². The molecule has 2 fully saturated rings. The van der Waals surface area contributed by atoms with E-state index in [4.69, 9.17) is 20.7 Å². The predicted octanol–water partition coefficient (Wildman–Crippen LogP) is 6.88. The number of carbonyl (C=O) groups is 1. The summed E-state index contributed by atoms with van der Waals surface area (Å²) in [5, 5.41) is 25.7. The van der Waals surface area contributed by atoms with Crippen LogP contribution < -0.4 is 20.9 Å². The number of benzene rings is 4. The number of rotatable bonds is 8. The fraction of sp³-hybridized carbons (Fsp3) is 0.261. The van der Waals surface area contributed by atoms with Crippen LogP contribution in [0.1, 0.15) is 36.1 Å². The van der Waals surface area contributed by atoms with Gasteiger partial charge in [-0.1, -0.05) is 42.5 Å². The van der Waals surface area contributed by atoms with E-state index in [0.717, 1.165) is 82.7 Å². The van der Waals surface area contributed by atoms with E-state index < -0.39 is 0 Å². The minimum absolute atomic E-state index is 0.0376. The first-order valence-corrected chi connectivity index (χ1v) is 19.8. The third-order valence-corrected chi connectivity index (χ3v) is 10.7. The van der Waals surface area contributed by atoms with E-state index in [1.807, 2.05) is 68.4 Å². The summed E-state index contributed by atoms with van der Waals surface area (Å²) in [6.45, 7) is 7.22. The molecule has 0 spiro atoms. The largest absolute Gasteiger partial charge is 0.507 e. The van der Waals surface area contributed by atoms with Gasteiger partial charge in [-0.2, -0.15) is 0 Å². The number of fused-ring (bicyclic) bond motifs is 2. The molecule has 3 aromatic heterocycles. The van der Waals surface area contributed by atoms with Crippen LogP contribution in [0.3, 0.4) is 0 Å². The predicted molar refractivity (Wildman–Crippen MR) is 229 cm³/mol. The van der Waals surface area contributed by atoms with E-state index in [2.05, 4.69) is 49.4 Å². The van der Waals surface area contributed by atoms with Gasteiger partial charge in [0.05, 0.1) is 22.2 Å². The lowest BCUT2D eigenvalue weighted by Crippen LogP contribution is -2.37. The van der Waals surface area contributed by atoms with Gasteiger partial charge in [-0.25, -0.2) is 19.9 Å². The zero-order valence-corrected chi connectivity index (χ0v) is 32.7. The number of aromatic hydroxyl groups is 2. The van der Waals surface area contributed by atoms with Crippen molar-refractivity contribution in [3.05, 3.63) is 126 Å². The third kappa shape index (κ3) is 8.52. The SMILES string of the molecule is Cc1ccc2c(N3CC[C@@H](N)C3)nc(-c3ccccc3O)nc2c1.Cc1ccc2c(N3CC[C@@H](NC(=O)CCc4ccccn4)C3)nc(-c3ccccc3O)nc2c1. The molecule has 1 amide bonds. The molecule has 2 saturated heterocycles. The molecule has 0 bridgehead atoms. The second kappa shape index (κ2) is 16.8. The number of anilines is 2. The van der Waals surface area contributed by atoms with E-state index in [-0.39, 0.29) is 29.5 Å². The summed E-state index contributed by atoms with van der Waals surface area (Å²) < 4.78 is 0. The second-order valence-electron chi connectivity index (χ2n) is 15.1. The van der Waals surface area contributed by atoms with Crippen LogP contribution >= 0.6 is 0 Å². The number of nitrogens with one attached hydrogen (secondary N) is 1. The molecule has 9 rings (SSSR count). The smallest absolute Gasteiger partial charge is 0.220 e. The van der Waals surface area contributed by atoms with E-state index >= 15 is 0 Å². The molecule has 2 aliphatic rings. The number of amides is 1. The van der Waals surface area contributed by atoms with Crippen molar-refractivity contribution in [2.45, 2.75) is 51.6 Å². The van der Waals surface area contributed by atoms with Crippen molar-refractivity contribution in [3.8, 4) is 34.3 Å². The molecule has 7 aromatic rings. The first-order chi connectivity index (χ1) is 28.2. The number of hydrogen-bond acceptors (Lipinski definition) is 11. The number of para-hydroxylation sites is 2. The molecular weight excluding hydrogens is 727 g/mol. The minimum Gasteiger partial charge on any atom is -0.507 e. The highest BCUT2D eigenvalue weighted by Crippen LogP contribution is 2.35. The first kappa shape index (κ1) is 38.2. The fourth-order valence-corrected chi connectivity index (χ4v) is 7.63. The maximum Gasteiger partial charge on any atom is 0.220 e. The van der Waals surface area contributed by atoms with Gasteiger partial charge in [-0.05, 0) is 105 Å². The van der Waals surface area contributed by atoms with Crippen molar-refractivity contribution < 1.29 is 15.0 Å². The Hall–Kier alpha value is -6.66. The molecule has 0 radical (unpaired) electrons. The minimum atomic E-state index is 0.0376. The number of aromatic nitrogens is 5. The molecule has 0 aliphatic carbocycles. The van der Waals surface area contributed by atoms with Crippen molar-refractivity contribution in [3.63, 3.8) is 0 Å². The summed E-state index contributed by atoms with van der Waals surface area (Å²) in [6.07, 6.45) is 4.60. The van der Waals surface area contributed by atoms with Gasteiger partial charge >= 0.3 is 0 Å². The monoisotopic (exact) mass is 773 g/mol. The number of nitrogens with zero attached hydrogens (tertiary/aromatic N) is 7. The Labute approximate surface area is 337 Å². The number of carbonyl (C=O) groups excluding carboxylic acids is 1. The van der Waals surface area contributed by atoms with Crippen LogP contribution in [0.25, 0.3) is 44.6 Å². The average molecular weight is 774 g/mol. The van der Waals surface area contributed by atoms with E-state index in [1.54, 1.807) is 30.5 Å². The van der Waals surface area contributed by atoms with Gasteiger partial charge in [0.15, 0.2) is 11.6 Å². The van der Waals surface area contributed by atoms with E-state index in [0.29, 0.717) is 42.2 Å². The standard InChI is InChI=1S/C27H27N5O2.C19H20N4O/c1-18-9-11-21-23(16-18)30-26(22-7-2-3-8-24(22)33)31-27(21)32-15-13-20(17-32)29-25(34)12-10-19-6-4-5-14-28-19;1-12-6-7-14-16(10-12)21-18(15-4-2-3-5-17(15)24)22-19(14)23-9-8-13(20)11-23/h2-9,11,14,16,20,33H,10,12-13,15,17H2,1H3,(H,29,34);2-7,10,13,24H,8-9,11,20H2,1H3/t20-;13-/m11/s1. The van der Waals surface area contributed by atoms with Crippen LogP contribution in [0.5, 0.6) is 11.5 Å². The summed E-state index contributed by atoms with van der Waals surface area (Å²) >= 11 is 0. The van der Waals surface area contributed by atoms with Crippen molar-refractivity contribution in [2.75, 3.05) is 36.0 Å². The number of phenols is 2. The van der Waals surface area contributed by atoms with Crippen molar-refractivity contribution in [2.24, 2.45) is 5.73 Å². The molecule has 5 heterocycles. The molecule has 0 saturated carbocycles. The zero-order chi connectivity index (χ0) is 40.2. The third-order valence-electron chi connectivity index (χ3n) is 10.7. The highest BCUT2D eigenvalue weighted by atomic mass is 16.3. The lowest BCUT2D eigenvalue weighted by molar-refractivity contribution is -0.121. The van der Waals surface area contributed by atoms with Gasteiger partial charge in [0.2, 0.25) is 5.91 Å². The maximum absolute atomic E-state index is 12.5. The molecule has 2 atom stereocenters. The van der Waals surface area contributed by atoms with Crippen LogP contribution in [0.2, 0.25) is 0 Å². The normalized spacial score (nSPS) is 16.4. The molecule has 58 heavy (non-hydrogen) atoms. The number of aryl methyl sites for hydroxylation is 3. The van der Waals surface area contributed by atoms with E-state index in [1.165, 1.54) is 0 Å². The van der Waals surface area contributed by atoms with Crippen molar-refractivity contribution >= 4 is 39.3 Å². The zero-order valence-electron chi connectivity index (χ0n) is 32.7. The summed E-state index contributed by atoms with van der Waals surface area (Å²) in [7, 11) is 0. The summed E-state index contributed by atoms with van der Waals surface area (Å²) in [4.78, 5) is 40.3. The van der Waals surface area contributed by atoms with Crippen LogP contribution in [0.4, 0.5) is 11.6 Å². The van der Waals surface area contributed by atoms with Crippen molar-refractivity contribution in [1.82, 2.24) is 30.2 Å². The molecule has 4 aromatic carbocycles. The summed E-state index contributed by atoms with van der Waals surface area (Å²) in [6, 6.07) is 32.6. The summed E-state index contributed by atoms with van der Waals surface area (Å²) in [5.41, 5.74) is 12.2. The molecule has 294 valence electrons. The van der Waals surface area contributed by atoms with Gasteiger partial charge in [-0.3, -0.25) is 9.78 Å². The lowest BCUT2D eigenvalue weighted by atomic mass is 10.1. The Morgan fingerprint density at radius 3 is 1.79 bits per heavy atom. The molecule has 12 heteroatoms. The van der Waals surface area contributed by atoms with Crippen molar-refractivity contribution in [1.29, 1.82) is 0 Å². The number of hydrogen-bond donors (Lipinski definition) is 4. The van der Waals surface area contributed by atoms with Gasteiger partial charge in [0, 0.05) is 67.3 Å². The first-order valence-electron chi connectivity index (χ1n) is 19.8. The average Bonchev–Trinajstić information content (AvgIpc) is 3.89. The van der Waals surface area contributed by atoms with Gasteiger partial charge in [-0.15, -0.1) is 0 Å². The van der Waals surface area contributed by atoms with Crippen LogP contribution in [0, 0.1) is 13.8 Å². The second-order valence-corrected chi connectivity index (χ2v) is 15.1. The molecule has 2 aliphatic heterocycles. The number of phenolic OH excluding ortho intramolecular Hbond substituents is 2. The Bertz CT molecular complexity index is 2590. The molecule has 12 nitrogen and oxygen atoms in total. The summed E-state index contributed by atoms with van der Waals surface area (Å²) in [5.74, 6) is 3.14. The Morgan fingerprint density at radius 2 is 1.26 bits per heavy atom. The molecule has 5 N–H and O–H groups in total. The highest BCUT2D eigenvalue weighted by Gasteiger charge is 2.28. The van der Waals surface area contributed by atoms with Crippen LogP contribution in [-0.2, 0) is 11.2 Å². The number of pyridine rings is 1. The fourth-order valence-electron chi connectivity index (χ4n) is 7.63. The lowest BCUT2D eigenvalue weighted by Gasteiger charge is -2.21. The Kier molecular flexibility index (Phi) is 11.1. The topological polar surface area (TPSA) is 167 Å². The Balaban J connectivity index is 0.000000172. The Morgan fingerprint density at radius 1 is 0.707 bits per heavy atom. The van der Waals surface area contributed by atoms with Gasteiger partial charge in [0.25, 0.3) is 0 Å². The molecular formula is C46H47N9O3. The number of nitrogens with two attached hydrogens (primary N) is 1. The maximum atomic E-state index is 12.5. The van der Waals surface area contributed by atoms with Gasteiger partial charge in [0.1, 0.15) is 23.1 Å². The van der Waals surface area contributed by atoms with Crippen LogP contribution in [-0.4, -0.2) is 79.3 Å².